The third-order valence-corrected chi connectivity index (χ3v) is 4.95. The average Bonchev–Trinajstić information content (AvgIpc) is 3.59. The van der Waals surface area contributed by atoms with Crippen molar-refractivity contribution < 1.29 is 19.1 Å². The second kappa shape index (κ2) is 8.83. The largest absolute Gasteiger partial charge is 0.506 e. The molecule has 0 bridgehead atoms. The fourth-order valence-electron chi connectivity index (χ4n) is 3.07. The van der Waals surface area contributed by atoms with Gasteiger partial charge in [0.05, 0.1) is 5.69 Å². The van der Waals surface area contributed by atoms with Crippen LogP contribution in [0, 0.1) is 5.82 Å². The summed E-state index contributed by atoms with van der Waals surface area (Å²) in [5.74, 6) is -0.954. The smallest absolute Gasteiger partial charge is 0.255 e. The molecule has 2 amide bonds. The fraction of sp³-hybridized carbons (Fsp3) is 0.120. The van der Waals surface area contributed by atoms with Crippen LogP contribution in [-0.2, 0) is 4.79 Å². The molecular weight excluding hydrogens is 395 g/mol. The summed E-state index contributed by atoms with van der Waals surface area (Å²) in [6.07, 6.45) is 3.64. The van der Waals surface area contributed by atoms with Crippen LogP contribution < -0.4 is 10.6 Å². The number of carbonyl (C=O) groups is 2. The normalized spacial score (nSPS) is 13.5. The SMILES string of the molecule is O=C(NC1CC1)C(=Cc1ccc(C(=O)Nc2ccccc2O)cc1)c1ccc(F)cc1. The summed E-state index contributed by atoms with van der Waals surface area (Å²) >= 11 is 0. The third-order valence-electron chi connectivity index (χ3n) is 4.95. The van der Waals surface area contributed by atoms with Crippen LogP contribution in [0.15, 0.2) is 72.8 Å². The predicted octanol–water partition coefficient (Wildman–Crippen LogP) is 4.60. The van der Waals surface area contributed by atoms with Crippen LogP contribution in [0.3, 0.4) is 0 Å². The van der Waals surface area contributed by atoms with Gasteiger partial charge < -0.3 is 15.7 Å². The molecule has 0 spiro atoms. The third kappa shape index (κ3) is 5.17. The Kier molecular flexibility index (Phi) is 5.80. The molecule has 3 aromatic carbocycles. The van der Waals surface area contributed by atoms with E-state index in [4.69, 9.17) is 0 Å². The number of rotatable bonds is 6. The summed E-state index contributed by atoms with van der Waals surface area (Å²) in [5, 5.41) is 15.4. The Morgan fingerprint density at radius 1 is 0.903 bits per heavy atom. The maximum atomic E-state index is 13.3. The first-order valence-corrected chi connectivity index (χ1v) is 9.97. The lowest BCUT2D eigenvalue weighted by atomic mass is 10.0. The molecule has 0 saturated heterocycles. The van der Waals surface area contributed by atoms with Gasteiger partial charge in [0.2, 0.25) is 0 Å². The van der Waals surface area contributed by atoms with Crippen LogP contribution >= 0.6 is 0 Å². The number of phenols is 1. The molecular formula is C25H21FN2O3. The van der Waals surface area contributed by atoms with Gasteiger partial charge in [0.25, 0.3) is 11.8 Å². The van der Waals surface area contributed by atoms with Crippen molar-refractivity contribution in [3.63, 3.8) is 0 Å². The summed E-state index contributed by atoms with van der Waals surface area (Å²) in [7, 11) is 0. The van der Waals surface area contributed by atoms with Gasteiger partial charge in [0, 0.05) is 17.2 Å². The number of phenolic OH excluding ortho intramolecular Hbond substituents is 1. The first-order valence-electron chi connectivity index (χ1n) is 9.97. The minimum absolute atomic E-state index is 0.0129. The summed E-state index contributed by atoms with van der Waals surface area (Å²) in [6, 6.07) is 19.2. The zero-order valence-corrected chi connectivity index (χ0v) is 16.6. The van der Waals surface area contributed by atoms with E-state index in [-0.39, 0.29) is 29.4 Å². The fourth-order valence-corrected chi connectivity index (χ4v) is 3.07. The second-order valence-electron chi connectivity index (χ2n) is 7.41. The van der Waals surface area contributed by atoms with Gasteiger partial charge in [0.1, 0.15) is 11.6 Å². The lowest BCUT2D eigenvalue weighted by Crippen LogP contribution is -2.26. The Morgan fingerprint density at radius 2 is 1.55 bits per heavy atom. The number of amides is 2. The van der Waals surface area contributed by atoms with E-state index in [1.807, 2.05) is 0 Å². The number of anilines is 1. The Bertz CT molecular complexity index is 1130. The highest BCUT2D eigenvalue weighted by Crippen LogP contribution is 2.25. The van der Waals surface area contributed by atoms with Gasteiger partial charge in [-0.15, -0.1) is 0 Å². The Hall–Kier alpha value is -3.93. The molecule has 0 heterocycles. The van der Waals surface area contributed by atoms with E-state index in [0.717, 1.165) is 18.4 Å². The molecule has 0 unspecified atom stereocenters. The molecule has 1 saturated carbocycles. The van der Waals surface area contributed by atoms with Gasteiger partial charge in [-0.3, -0.25) is 9.59 Å². The zero-order valence-electron chi connectivity index (χ0n) is 16.6. The van der Waals surface area contributed by atoms with E-state index >= 15 is 0 Å². The predicted molar refractivity (Wildman–Crippen MR) is 118 cm³/mol. The molecule has 1 fully saturated rings. The molecule has 156 valence electrons. The quantitative estimate of drug-likeness (QED) is 0.312. The maximum absolute atomic E-state index is 13.3. The Labute approximate surface area is 179 Å². The number of nitrogens with one attached hydrogen (secondary N) is 2. The average molecular weight is 416 g/mol. The van der Waals surface area contributed by atoms with E-state index in [9.17, 15) is 19.1 Å². The number of aromatic hydroxyl groups is 1. The van der Waals surface area contributed by atoms with E-state index in [2.05, 4.69) is 10.6 Å². The van der Waals surface area contributed by atoms with Gasteiger partial charge in [-0.25, -0.2) is 4.39 Å². The van der Waals surface area contributed by atoms with Crippen molar-refractivity contribution in [3.8, 4) is 5.75 Å². The molecule has 3 N–H and O–H groups in total. The van der Waals surface area contributed by atoms with Crippen molar-refractivity contribution >= 4 is 29.2 Å². The molecule has 31 heavy (non-hydrogen) atoms. The van der Waals surface area contributed by atoms with Crippen molar-refractivity contribution in [3.05, 3.63) is 95.3 Å². The maximum Gasteiger partial charge on any atom is 0.255 e. The molecule has 6 heteroatoms. The molecule has 5 nitrogen and oxygen atoms in total. The molecule has 1 aliphatic carbocycles. The van der Waals surface area contributed by atoms with E-state index < -0.39 is 0 Å². The van der Waals surface area contributed by atoms with Gasteiger partial charge >= 0.3 is 0 Å². The molecule has 0 aromatic heterocycles. The Balaban J connectivity index is 1.56. The minimum atomic E-state index is -0.370. The Morgan fingerprint density at radius 3 is 2.19 bits per heavy atom. The first-order chi connectivity index (χ1) is 15.0. The number of hydrogen-bond donors (Lipinski definition) is 3. The molecule has 0 atom stereocenters. The summed E-state index contributed by atoms with van der Waals surface area (Å²) in [5.41, 5.74) is 2.50. The minimum Gasteiger partial charge on any atom is -0.506 e. The number of para-hydroxylation sites is 2. The second-order valence-corrected chi connectivity index (χ2v) is 7.41. The van der Waals surface area contributed by atoms with E-state index in [1.54, 1.807) is 60.7 Å². The van der Waals surface area contributed by atoms with Crippen LogP contribution in [0.1, 0.15) is 34.3 Å². The highest BCUT2D eigenvalue weighted by atomic mass is 19.1. The lowest BCUT2D eigenvalue weighted by Gasteiger charge is -2.10. The standard InChI is InChI=1S/C25H21FN2O3/c26-19-11-9-17(10-12-19)21(25(31)27-20-13-14-20)15-16-5-7-18(8-6-16)24(30)28-22-3-1-2-4-23(22)29/h1-12,15,20,29H,13-14H2,(H,27,31)(H,28,30). The number of halogens is 1. The molecule has 0 aliphatic heterocycles. The van der Waals surface area contributed by atoms with Gasteiger partial charge in [0.15, 0.2) is 0 Å². The van der Waals surface area contributed by atoms with Crippen LogP contribution in [0.25, 0.3) is 11.6 Å². The highest BCUT2D eigenvalue weighted by molar-refractivity contribution is 6.24. The molecule has 4 rings (SSSR count). The number of benzene rings is 3. The van der Waals surface area contributed by atoms with Crippen molar-refractivity contribution in [2.45, 2.75) is 18.9 Å². The first kappa shape index (κ1) is 20.3. The van der Waals surface area contributed by atoms with Crippen molar-refractivity contribution in [1.82, 2.24) is 5.32 Å². The zero-order chi connectivity index (χ0) is 21.8. The summed E-state index contributed by atoms with van der Waals surface area (Å²) in [4.78, 5) is 25.2. The van der Waals surface area contributed by atoms with Crippen molar-refractivity contribution in [1.29, 1.82) is 0 Å². The molecule has 3 aromatic rings. The van der Waals surface area contributed by atoms with Crippen LogP contribution in [0.4, 0.5) is 10.1 Å². The topological polar surface area (TPSA) is 78.4 Å². The number of hydrogen-bond acceptors (Lipinski definition) is 3. The van der Waals surface area contributed by atoms with Crippen molar-refractivity contribution in [2.24, 2.45) is 0 Å². The molecule has 0 radical (unpaired) electrons. The molecule has 1 aliphatic rings. The highest BCUT2D eigenvalue weighted by Gasteiger charge is 2.25. The van der Waals surface area contributed by atoms with Gasteiger partial charge in [-0.2, -0.15) is 0 Å². The van der Waals surface area contributed by atoms with Crippen LogP contribution in [0.5, 0.6) is 5.75 Å². The summed E-state index contributed by atoms with van der Waals surface area (Å²) in [6.45, 7) is 0. The van der Waals surface area contributed by atoms with Gasteiger partial charge in [-0.05, 0) is 66.4 Å². The van der Waals surface area contributed by atoms with Crippen LogP contribution in [-0.4, -0.2) is 23.0 Å². The van der Waals surface area contributed by atoms with Gasteiger partial charge in [-0.1, -0.05) is 36.4 Å². The van der Waals surface area contributed by atoms with E-state index in [0.29, 0.717) is 22.4 Å². The van der Waals surface area contributed by atoms with Crippen molar-refractivity contribution in [2.75, 3.05) is 5.32 Å². The lowest BCUT2D eigenvalue weighted by molar-refractivity contribution is -0.115. The number of carbonyl (C=O) groups excluding carboxylic acids is 2. The summed E-state index contributed by atoms with van der Waals surface area (Å²) < 4.78 is 13.3. The van der Waals surface area contributed by atoms with Crippen LogP contribution in [0.2, 0.25) is 0 Å². The monoisotopic (exact) mass is 416 g/mol. The van der Waals surface area contributed by atoms with E-state index in [1.165, 1.54) is 18.2 Å².